The van der Waals surface area contributed by atoms with Gasteiger partial charge in [0.15, 0.2) is 0 Å². The Hall–Kier alpha value is -1.51. The molecule has 3 heteroatoms. The number of carbonyl (C=O) groups is 1. The number of aliphatic carboxylic acids is 1. The highest BCUT2D eigenvalue weighted by Crippen LogP contribution is 2.38. The van der Waals surface area contributed by atoms with Gasteiger partial charge in [-0.2, -0.15) is 0 Å². The zero-order valence-electron chi connectivity index (χ0n) is 25.9. The highest BCUT2D eigenvalue weighted by Gasteiger charge is 2.24. The predicted octanol–water partition coefficient (Wildman–Crippen LogP) is 11.2. The Balaban J connectivity index is 2.23. The molecule has 1 aromatic rings. The van der Waals surface area contributed by atoms with Crippen LogP contribution >= 0.6 is 0 Å². The van der Waals surface area contributed by atoms with Crippen LogP contribution < -0.4 is 0 Å². The fourth-order valence-electron chi connectivity index (χ4n) is 5.69. The standard InChI is InChI=1S/C35H62O3/c1-6-8-9-10-11-12-13-14-15-16-17-18-19-20-21-22-23-24-25-30(28-33(36)37)31-26-29(7-2)34(38)32(27-31)35(3,4)5/h26-27,30,38H,6-25,28H2,1-5H3,(H,36,37). The second kappa shape index (κ2) is 20.4. The van der Waals surface area contributed by atoms with Gasteiger partial charge in [0.25, 0.3) is 0 Å². The summed E-state index contributed by atoms with van der Waals surface area (Å²) in [5.41, 5.74) is 2.77. The summed E-state index contributed by atoms with van der Waals surface area (Å²) in [4.78, 5) is 11.6. The van der Waals surface area contributed by atoms with Crippen LogP contribution in [0.25, 0.3) is 0 Å². The number of aromatic hydroxyl groups is 1. The summed E-state index contributed by atoms with van der Waals surface area (Å²) < 4.78 is 0. The SMILES string of the molecule is CCCCCCCCCCCCCCCCCCCCC(CC(=O)O)c1cc(CC)c(O)c(C(C)(C)C)c1. The molecule has 3 nitrogen and oxygen atoms in total. The van der Waals surface area contributed by atoms with Crippen molar-refractivity contribution in [1.29, 1.82) is 0 Å². The number of phenolic OH excluding ortho intramolecular Hbond substituents is 1. The number of hydrogen-bond donors (Lipinski definition) is 2. The van der Waals surface area contributed by atoms with Gasteiger partial charge in [0.1, 0.15) is 5.75 Å². The zero-order chi connectivity index (χ0) is 28.2. The maximum atomic E-state index is 11.6. The van der Waals surface area contributed by atoms with E-state index < -0.39 is 5.97 Å². The molecule has 1 unspecified atom stereocenters. The van der Waals surface area contributed by atoms with Gasteiger partial charge in [-0.15, -0.1) is 0 Å². The third kappa shape index (κ3) is 15.2. The van der Waals surface area contributed by atoms with E-state index in [9.17, 15) is 15.0 Å². The molecule has 0 heterocycles. The summed E-state index contributed by atoms with van der Waals surface area (Å²) in [7, 11) is 0. The Labute approximate surface area is 236 Å². The molecule has 0 amide bonds. The summed E-state index contributed by atoms with van der Waals surface area (Å²) in [6.07, 6.45) is 26.3. The lowest BCUT2D eigenvalue weighted by Gasteiger charge is -2.25. The molecule has 0 aliphatic rings. The van der Waals surface area contributed by atoms with Gasteiger partial charge >= 0.3 is 5.97 Å². The molecule has 1 rings (SSSR count). The normalized spacial score (nSPS) is 12.7. The molecular weight excluding hydrogens is 468 g/mol. The van der Waals surface area contributed by atoms with Gasteiger partial charge < -0.3 is 10.2 Å². The maximum absolute atomic E-state index is 11.6. The molecular formula is C35H62O3. The van der Waals surface area contributed by atoms with Crippen molar-refractivity contribution in [2.24, 2.45) is 0 Å². The van der Waals surface area contributed by atoms with Crippen LogP contribution in [0.1, 0.15) is 186 Å². The second-order valence-electron chi connectivity index (χ2n) is 12.8. The lowest BCUT2D eigenvalue weighted by atomic mass is 9.80. The highest BCUT2D eigenvalue weighted by molar-refractivity contribution is 5.68. The molecule has 0 aromatic heterocycles. The van der Waals surface area contributed by atoms with Crippen LogP contribution in [0.5, 0.6) is 5.75 Å². The first-order valence-electron chi connectivity index (χ1n) is 16.3. The van der Waals surface area contributed by atoms with Crippen LogP contribution in [-0.4, -0.2) is 16.2 Å². The molecule has 0 saturated carbocycles. The Morgan fingerprint density at radius 3 is 1.50 bits per heavy atom. The van der Waals surface area contributed by atoms with Gasteiger partial charge in [0.05, 0.1) is 6.42 Å². The molecule has 0 aliphatic heterocycles. The minimum absolute atomic E-state index is 0.0144. The lowest BCUT2D eigenvalue weighted by Crippen LogP contribution is -2.14. The molecule has 0 aliphatic carbocycles. The third-order valence-corrected chi connectivity index (χ3v) is 8.20. The van der Waals surface area contributed by atoms with Crippen molar-refractivity contribution >= 4 is 5.97 Å². The zero-order valence-corrected chi connectivity index (χ0v) is 25.9. The van der Waals surface area contributed by atoms with E-state index in [1.165, 1.54) is 109 Å². The van der Waals surface area contributed by atoms with E-state index in [-0.39, 0.29) is 17.8 Å². The topological polar surface area (TPSA) is 57.5 Å². The van der Waals surface area contributed by atoms with Crippen LogP contribution in [0.4, 0.5) is 0 Å². The van der Waals surface area contributed by atoms with Crippen molar-refractivity contribution in [1.82, 2.24) is 0 Å². The van der Waals surface area contributed by atoms with Crippen LogP contribution in [0.2, 0.25) is 0 Å². The number of benzene rings is 1. The van der Waals surface area contributed by atoms with E-state index in [2.05, 4.69) is 40.7 Å². The van der Waals surface area contributed by atoms with Crippen molar-refractivity contribution in [2.45, 2.75) is 181 Å². The highest BCUT2D eigenvalue weighted by atomic mass is 16.4. The minimum Gasteiger partial charge on any atom is -0.507 e. The third-order valence-electron chi connectivity index (χ3n) is 8.20. The van der Waals surface area contributed by atoms with Crippen molar-refractivity contribution in [2.75, 3.05) is 0 Å². The number of carboxylic acid groups (broad SMARTS) is 1. The average Bonchev–Trinajstić information content (AvgIpc) is 2.86. The van der Waals surface area contributed by atoms with Gasteiger partial charge in [-0.25, -0.2) is 0 Å². The van der Waals surface area contributed by atoms with Crippen LogP contribution in [0.15, 0.2) is 12.1 Å². The summed E-state index contributed by atoms with van der Waals surface area (Å²) in [5, 5.41) is 20.3. The molecule has 220 valence electrons. The molecule has 0 spiro atoms. The van der Waals surface area contributed by atoms with Crippen molar-refractivity contribution in [3.8, 4) is 5.75 Å². The van der Waals surface area contributed by atoms with E-state index in [1.54, 1.807) is 0 Å². The largest absolute Gasteiger partial charge is 0.507 e. The van der Waals surface area contributed by atoms with Crippen LogP contribution in [-0.2, 0) is 16.6 Å². The molecule has 0 radical (unpaired) electrons. The maximum Gasteiger partial charge on any atom is 0.303 e. The quantitative estimate of drug-likeness (QED) is 0.138. The summed E-state index contributed by atoms with van der Waals surface area (Å²) in [5.74, 6) is -0.340. The predicted molar refractivity (Wildman–Crippen MR) is 165 cm³/mol. The summed E-state index contributed by atoms with van der Waals surface area (Å²) in [6.45, 7) is 10.7. The number of phenols is 1. The fraction of sp³-hybridized carbons (Fsp3) is 0.800. The van der Waals surface area contributed by atoms with E-state index in [1.807, 2.05) is 6.07 Å². The number of rotatable bonds is 23. The van der Waals surface area contributed by atoms with E-state index in [0.29, 0.717) is 5.75 Å². The Morgan fingerprint density at radius 1 is 0.711 bits per heavy atom. The number of carboxylic acids is 1. The van der Waals surface area contributed by atoms with Gasteiger partial charge in [-0.1, -0.05) is 162 Å². The van der Waals surface area contributed by atoms with Gasteiger partial charge in [0, 0.05) is 0 Å². The summed E-state index contributed by atoms with van der Waals surface area (Å²) in [6, 6.07) is 4.11. The second-order valence-corrected chi connectivity index (χ2v) is 12.8. The lowest BCUT2D eigenvalue weighted by molar-refractivity contribution is -0.137. The smallest absolute Gasteiger partial charge is 0.303 e. The van der Waals surface area contributed by atoms with Crippen LogP contribution in [0, 0.1) is 0 Å². The van der Waals surface area contributed by atoms with Crippen LogP contribution in [0.3, 0.4) is 0 Å². The van der Waals surface area contributed by atoms with Gasteiger partial charge in [-0.3, -0.25) is 4.79 Å². The molecule has 0 fully saturated rings. The Kier molecular flexibility index (Phi) is 18.5. The van der Waals surface area contributed by atoms with E-state index in [0.717, 1.165) is 36.0 Å². The molecule has 2 N–H and O–H groups in total. The first-order chi connectivity index (χ1) is 18.2. The summed E-state index contributed by atoms with van der Waals surface area (Å²) >= 11 is 0. The number of hydrogen-bond acceptors (Lipinski definition) is 2. The number of unbranched alkanes of at least 4 members (excludes halogenated alkanes) is 17. The minimum atomic E-state index is -0.735. The van der Waals surface area contributed by atoms with E-state index in [4.69, 9.17) is 0 Å². The van der Waals surface area contributed by atoms with E-state index >= 15 is 0 Å². The fourth-order valence-corrected chi connectivity index (χ4v) is 5.69. The molecule has 1 atom stereocenters. The molecule has 0 bridgehead atoms. The Morgan fingerprint density at radius 2 is 1.13 bits per heavy atom. The van der Waals surface area contributed by atoms with Crippen molar-refractivity contribution in [3.63, 3.8) is 0 Å². The number of aryl methyl sites for hydroxylation is 1. The Bertz CT molecular complexity index is 746. The monoisotopic (exact) mass is 530 g/mol. The van der Waals surface area contributed by atoms with Crippen molar-refractivity contribution in [3.05, 3.63) is 28.8 Å². The van der Waals surface area contributed by atoms with Crippen molar-refractivity contribution < 1.29 is 15.0 Å². The first-order valence-corrected chi connectivity index (χ1v) is 16.3. The molecule has 38 heavy (non-hydrogen) atoms. The first kappa shape index (κ1) is 34.5. The van der Waals surface area contributed by atoms with Gasteiger partial charge in [-0.05, 0) is 40.9 Å². The molecule has 1 aromatic carbocycles. The average molecular weight is 531 g/mol. The molecule has 0 saturated heterocycles. The van der Waals surface area contributed by atoms with Gasteiger partial charge in [0.2, 0.25) is 0 Å².